The molecule has 0 aliphatic carbocycles. The lowest BCUT2D eigenvalue weighted by Gasteiger charge is -2.40. The van der Waals surface area contributed by atoms with Crippen molar-refractivity contribution in [2.45, 2.75) is 36.6 Å². The highest BCUT2D eigenvalue weighted by Crippen LogP contribution is 2.38. The molecule has 0 bridgehead atoms. The molecule has 4 heterocycles. The molecule has 0 N–H and O–H groups in total. The number of rotatable bonds is 6. The van der Waals surface area contributed by atoms with Gasteiger partial charge in [-0.15, -0.1) is 22.7 Å². The number of fused-ring (bicyclic) bond motifs is 2. The van der Waals surface area contributed by atoms with Crippen molar-refractivity contribution in [3.63, 3.8) is 0 Å². The van der Waals surface area contributed by atoms with E-state index in [9.17, 15) is 22.8 Å². The van der Waals surface area contributed by atoms with E-state index in [4.69, 9.17) is 11.6 Å². The molecule has 2 aliphatic heterocycles. The monoisotopic (exact) mass is 623 g/mol. The van der Waals surface area contributed by atoms with Crippen LogP contribution >= 0.6 is 34.3 Å². The van der Waals surface area contributed by atoms with Crippen LogP contribution in [-0.4, -0.2) is 103 Å². The Morgan fingerprint density at radius 1 is 1.15 bits per heavy atom. The van der Waals surface area contributed by atoms with Crippen LogP contribution in [0, 0.1) is 0 Å². The van der Waals surface area contributed by atoms with E-state index >= 15 is 0 Å². The van der Waals surface area contributed by atoms with Gasteiger partial charge in [-0.2, -0.15) is 4.31 Å². The van der Waals surface area contributed by atoms with Crippen molar-refractivity contribution in [3.8, 4) is 0 Å². The fourth-order valence-electron chi connectivity index (χ4n) is 5.09. The average molecular weight is 624 g/mol. The lowest BCUT2D eigenvalue weighted by atomic mass is 10.1. The molecule has 2 amide bonds. The van der Waals surface area contributed by atoms with E-state index in [0.29, 0.717) is 20.1 Å². The van der Waals surface area contributed by atoms with Gasteiger partial charge in [0.15, 0.2) is 10.8 Å². The van der Waals surface area contributed by atoms with E-state index in [1.165, 1.54) is 27.5 Å². The molecule has 0 radical (unpaired) electrons. The largest absolute Gasteiger partial charge is 0.349 e. The predicted octanol–water partition coefficient (Wildman–Crippen LogP) is 3.20. The van der Waals surface area contributed by atoms with Crippen LogP contribution in [0.5, 0.6) is 0 Å². The molecule has 1 saturated heterocycles. The summed E-state index contributed by atoms with van der Waals surface area (Å²) in [6, 6.07) is 4.23. The Kier molecular flexibility index (Phi) is 8.07. The standard InChI is InChI=1S/C26H30ClN5O5S3/c1-15(33)23-18-6-5-16(27)11-20(18)39-26(23)40(36,37)31-9-10-32(17(13-31)12-22(34)29(2)3)25(35)24-28-19-7-8-30(4)14-21(19)38-24/h5-6,11,17H,7-10,12-14H2,1-4H3. The van der Waals surface area contributed by atoms with Crippen molar-refractivity contribution < 1.29 is 22.8 Å². The number of hydrogen-bond donors (Lipinski definition) is 0. The van der Waals surface area contributed by atoms with Crippen LogP contribution in [0.3, 0.4) is 0 Å². The fourth-order valence-corrected chi connectivity index (χ4v) is 9.93. The Labute approximate surface area is 246 Å². The number of nitrogens with zero attached hydrogens (tertiary/aromatic N) is 5. The van der Waals surface area contributed by atoms with E-state index < -0.39 is 16.1 Å². The Hall–Kier alpha value is -2.42. The van der Waals surface area contributed by atoms with Crippen molar-refractivity contribution in [2.24, 2.45) is 0 Å². The minimum absolute atomic E-state index is 0.0287. The van der Waals surface area contributed by atoms with Gasteiger partial charge in [0.05, 0.1) is 17.3 Å². The van der Waals surface area contributed by atoms with Crippen LogP contribution < -0.4 is 0 Å². The predicted molar refractivity (Wildman–Crippen MR) is 156 cm³/mol. The molecule has 214 valence electrons. The maximum absolute atomic E-state index is 14.0. The minimum Gasteiger partial charge on any atom is -0.349 e. The maximum atomic E-state index is 14.0. The summed E-state index contributed by atoms with van der Waals surface area (Å²) in [5, 5.41) is 1.34. The summed E-state index contributed by atoms with van der Waals surface area (Å²) < 4.78 is 29.8. The van der Waals surface area contributed by atoms with E-state index in [0.717, 1.165) is 41.4 Å². The van der Waals surface area contributed by atoms with Crippen LogP contribution in [0.1, 0.15) is 44.1 Å². The number of piperazine rings is 1. The first kappa shape index (κ1) is 29.1. The number of amides is 2. The number of carbonyl (C=O) groups excluding carboxylic acids is 3. The molecular formula is C26H30ClN5O5S3. The van der Waals surface area contributed by atoms with Gasteiger partial charge in [-0.3, -0.25) is 14.4 Å². The lowest BCUT2D eigenvalue weighted by molar-refractivity contribution is -0.130. The highest BCUT2D eigenvalue weighted by atomic mass is 35.5. The quantitative estimate of drug-likeness (QED) is 0.388. The average Bonchev–Trinajstić information content (AvgIpc) is 3.49. The van der Waals surface area contributed by atoms with Gasteiger partial charge in [-0.05, 0) is 26.1 Å². The lowest BCUT2D eigenvalue weighted by Crippen LogP contribution is -2.57. The number of aromatic nitrogens is 1. The van der Waals surface area contributed by atoms with Crippen LogP contribution in [0.2, 0.25) is 5.02 Å². The summed E-state index contributed by atoms with van der Waals surface area (Å²) in [6.45, 7) is 2.99. The zero-order valence-corrected chi connectivity index (χ0v) is 25.8. The summed E-state index contributed by atoms with van der Waals surface area (Å²) in [5.41, 5.74) is 1.06. The van der Waals surface area contributed by atoms with Crippen LogP contribution in [0.15, 0.2) is 22.4 Å². The molecule has 40 heavy (non-hydrogen) atoms. The van der Waals surface area contributed by atoms with Gasteiger partial charge in [0.2, 0.25) is 5.91 Å². The Morgan fingerprint density at radius 3 is 2.60 bits per heavy atom. The number of thiophene rings is 1. The molecular weight excluding hydrogens is 594 g/mol. The number of Topliss-reactive ketones (excluding diaryl/α,β-unsaturated/α-hetero) is 1. The topological polar surface area (TPSA) is 111 Å². The van der Waals surface area contributed by atoms with Gasteiger partial charge in [-0.1, -0.05) is 17.7 Å². The molecule has 5 rings (SSSR count). The first-order chi connectivity index (χ1) is 18.9. The van der Waals surface area contributed by atoms with Crippen LogP contribution in [0.4, 0.5) is 0 Å². The summed E-state index contributed by atoms with van der Waals surface area (Å²) in [6.07, 6.45) is 0.725. The summed E-state index contributed by atoms with van der Waals surface area (Å²) in [5.74, 6) is -0.877. The minimum atomic E-state index is -4.12. The third-order valence-electron chi connectivity index (χ3n) is 7.27. The molecule has 1 unspecified atom stereocenters. The number of sulfonamides is 1. The van der Waals surface area contributed by atoms with E-state index in [-0.39, 0.29) is 53.4 Å². The van der Waals surface area contributed by atoms with E-state index in [2.05, 4.69) is 9.88 Å². The molecule has 1 fully saturated rings. The Bertz CT molecular complexity index is 1620. The first-order valence-corrected chi connectivity index (χ1v) is 16.2. The number of benzene rings is 1. The van der Waals surface area contributed by atoms with Crippen molar-refractivity contribution in [1.82, 2.24) is 24.0 Å². The normalized spacial score (nSPS) is 18.6. The fraction of sp³-hybridized carbons (Fsp3) is 0.462. The van der Waals surface area contributed by atoms with Gasteiger partial charge in [-0.25, -0.2) is 13.4 Å². The zero-order valence-electron chi connectivity index (χ0n) is 22.6. The van der Waals surface area contributed by atoms with Gasteiger partial charge >= 0.3 is 0 Å². The van der Waals surface area contributed by atoms with Gasteiger partial charge in [0.25, 0.3) is 15.9 Å². The number of ketones is 1. The molecule has 0 spiro atoms. The Morgan fingerprint density at radius 2 is 1.90 bits per heavy atom. The molecule has 0 saturated carbocycles. The molecule has 14 heteroatoms. The van der Waals surface area contributed by atoms with Gasteiger partial charge in [0.1, 0.15) is 4.21 Å². The SMILES string of the molecule is CC(=O)c1c(S(=O)(=O)N2CCN(C(=O)c3nc4c(s3)CN(C)CC4)C(CC(=O)N(C)C)C2)sc2cc(Cl)ccc12. The number of hydrogen-bond acceptors (Lipinski definition) is 9. The smallest absolute Gasteiger partial charge is 0.283 e. The molecule has 2 aromatic heterocycles. The summed E-state index contributed by atoms with van der Waals surface area (Å²) in [7, 11) is 1.15. The number of halogens is 1. The second kappa shape index (κ2) is 11.1. The van der Waals surface area contributed by atoms with Crippen LogP contribution in [-0.2, 0) is 27.8 Å². The molecule has 3 aromatic rings. The van der Waals surface area contributed by atoms with Crippen molar-refractivity contribution in [2.75, 3.05) is 47.3 Å². The maximum Gasteiger partial charge on any atom is 0.283 e. The van der Waals surface area contributed by atoms with Gasteiger partial charge in [0, 0.05) is 79.6 Å². The first-order valence-electron chi connectivity index (χ1n) is 12.8. The molecule has 10 nitrogen and oxygen atoms in total. The third-order valence-corrected chi connectivity index (χ3v) is 12.1. The Balaban J connectivity index is 1.47. The van der Waals surface area contributed by atoms with Crippen molar-refractivity contribution >= 4 is 72.0 Å². The molecule has 1 atom stereocenters. The summed E-state index contributed by atoms with van der Waals surface area (Å²) in [4.78, 5) is 49.9. The van der Waals surface area contributed by atoms with E-state index in [1.807, 2.05) is 7.05 Å². The second-order valence-electron chi connectivity index (χ2n) is 10.3. The molecule has 1 aromatic carbocycles. The third kappa shape index (κ3) is 5.42. The number of thiazole rings is 1. The molecule has 2 aliphatic rings. The summed E-state index contributed by atoms with van der Waals surface area (Å²) >= 11 is 8.50. The van der Waals surface area contributed by atoms with Crippen molar-refractivity contribution in [1.29, 1.82) is 0 Å². The highest BCUT2D eigenvalue weighted by molar-refractivity contribution is 7.91. The van der Waals surface area contributed by atoms with Crippen LogP contribution in [0.25, 0.3) is 10.1 Å². The van der Waals surface area contributed by atoms with Gasteiger partial charge < -0.3 is 14.7 Å². The zero-order chi connectivity index (χ0) is 28.9. The highest BCUT2D eigenvalue weighted by Gasteiger charge is 2.41. The number of carbonyl (C=O) groups is 3. The van der Waals surface area contributed by atoms with E-state index in [1.54, 1.807) is 37.2 Å². The second-order valence-corrected chi connectivity index (χ2v) is 15.1. The van der Waals surface area contributed by atoms with Crippen molar-refractivity contribution in [3.05, 3.63) is 44.4 Å². The number of likely N-dealkylation sites (N-methyl/N-ethyl adjacent to an activating group) is 1.